The van der Waals surface area contributed by atoms with Crippen LogP contribution in [0, 0.1) is 20.8 Å². The average Bonchev–Trinajstić information content (AvgIpc) is 2.71. The van der Waals surface area contributed by atoms with Crippen LogP contribution in [0.25, 0.3) is 0 Å². The van der Waals surface area contributed by atoms with Crippen LogP contribution in [-0.2, 0) is 26.2 Å². The highest BCUT2D eigenvalue weighted by atomic mass is 79.9. The number of ether oxygens (including phenoxy) is 1. The van der Waals surface area contributed by atoms with Crippen molar-refractivity contribution in [2.24, 2.45) is 5.73 Å². The lowest BCUT2D eigenvalue weighted by atomic mass is 9.99. The van der Waals surface area contributed by atoms with Crippen molar-refractivity contribution in [2.45, 2.75) is 47.0 Å². The Morgan fingerprint density at radius 3 is 1.93 bits per heavy atom. The smallest absolute Gasteiger partial charge is 0.133 e. The molecule has 0 heterocycles. The molecule has 0 aliphatic heterocycles. The molecule has 0 atom stereocenters. The van der Waals surface area contributed by atoms with Gasteiger partial charge in [0, 0.05) is 26.2 Å². The van der Waals surface area contributed by atoms with Gasteiger partial charge in [0.1, 0.15) is 5.75 Å². The van der Waals surface area contributed by atoms with Gasteiger partial charge in [0.2, 0.25) is 0 Å². The van der Waals surface area contributed by atoms with Gasteiger partial charge in [-0.25, -0.2) is 0 Å². The molecule has 0 saturated heterocycles. The zero-order valence-corrected chi connectivity index (χ0v) is 19.9. The molecular formula is C26H31BrN2O. The lowest BCUT2D eigenvalue weighted by molar-refractivity contribution is 0.246. The van der Waals surface area contributed by atoms with Gasteiger partial charge in [0.15, 0.2) is 0 Å². The van der Waals surface area contributed by atoms with E-state index in [1.54, 1.807) is 7.11 Å². The predicted molar refractivity (Wildman–Crippen MR) is 129 cm³/mol. The molecule has 0 spiro atoms. The van der Waals surface area contributed by atoms with Crippen LogP contribution in [0.15, 0.2) is 59.1 Å². The first-order valence-corrected chi connectivity index (χ1v) is 11.1. The summed E-state index contributed by atoms with van der Waals surface area (Å²) in [4.78, 5) is 2.50. The van der Waals surface area contributed by atoms with Crippen molar-refractivity contribution in [3.8, 4) is 5.75 Å². The van der Waals surface area contributed by atoms with E-state index in [2.05, 4.69) is 90.1 Å². The monoisotopic (exact) mass is 466 g/mol. The second-order valence-electron chi connectivity index (χ2n) is 8.01. The highest BCUT2D eigenvalue weighted by molar-refractivity contribution is 9.10. The molecule has 0 aliphatic carbocycles. The minimum atomic E-state index is 0.575. The first-order chi connectivity index (χ1) is 14.4. The van der Waals surface area contributed by atoms with Gasteiger partial charge in [-0.05, 0) is 82.2 Å². The Labute approximate surface area is 189 Å². The number of nitrogens with two attached hydrogens (primary N) is 1. The molecule has 3 aromatic rings. The zero-order chi connectivity index (χ0) is 21.7. The van der Waals surface area contributed by atoms with Crippen LogP contribution < -0.4 is 10.5 Å². The molecule has 0 unspecified atom stereocenters. The minimum absolute atomic E-state index is 0.575. The Hall–Kier alpha value is -2.14. The summed E-state index contributed by atoms with van der Waals surface area (Å²) in [5.41, 5.74) is 14.9. The van der Waals surface area contributed by atoms with Crippen molar-refractivity contribution in [1.82, 2.24) is 4.90 Å². The number of hydrogen-bond donors (Lipinski definition) is 1. The molecule has 30 heavy (non-hydrogen) atoms. The Morgan fingerprint density at radius 2 is 1.37 bits per heavy atom. The Bertz CT molecular complexity index is 975. The molecule has 0 bridgehead atoms. The van der Waals surface area contributed by atoms with Gasteiger partial charge in [0.05, 0.1) is 11.6 Å². The molecule has 0 saturated carbocycles. The maximum atomic E-state index is 5.76. The van der Waals surface area contributed by atoms with E-state index in [1.807, 2.05) is 6.07 Å². The van der Waals surface area contributed by atoms with Crippen molar-refractivity contribution < 1.29 is 4.74 Å². The lowest BCUT2D eigenvalue weighted by Gasteiger charge is -2.25. The summed E-state index contributed by atoms with van der Waals surface area (Å²) in [6.45, 7) is 9.80. The van der Waals surface area contributed by atoms with Crippen molar-refractivity contribution in [3.63, 3.8) is 0 Å². The first kappa shape index (κ1) is 22.5. The molecule has 4 heteroatoms. The Morgan fingerprint density at radius 1 is 0.800 bits per heavy atom. The van der Waals surface area contributed by atoms with E-state index < -0.39 is 0 Å². The quantitative estimate of drug-likeness (QED) is 0.439. The van der Waals surface area contributed by atoms with Crippen LogP contribution in [0.5, 0.6) is 5.75 Å². The number of methoxy groups -OCH3 is 1. The van der Waals surface area contributed by atoms with Crippen molar-refractivity contribution in [2.75, 3.05) is 7.11 Å². The fourth-order valence-electron chi connectivity index (χ4n) is 3.96. The second-order valence-corrected chi connectivity index (χ2v) is 8.87. The van der Waals surface area contributed by atoms with E-state index in [0.29, 0.717) is 6.54 Å². The fourth-order valence-corrected chi connectivity index (χ4v) is 4.54. The predicted octanol–water partition coefficient (Wildman–Crippen LogP) is 6.04. The summed E-state index contributed by atoms with van der Waals surface area (Å²) in [6.07, 6.45) is 0. The van der Waals surface area contributed by atoms with Gasteiger partial charge in [-0.15, -0.1) is 0 Å². The molecule has 3 aromatic carbocycles. The van der Waals surface area contributed by atoms with E-state index >= 15 is 0 Å². The summed E-state index contributed by atoms with van der Waals surface area (Å²) in [5, 5.41) is 0. The third-order valence-corrected chi connectivity index (χ3v) is 6.13. The summed E-state index contributed by atoms with van der Waals surface area (Å²) in [6, 6.07) is 19.5. The first-order valence-electron chi connectivity index (χ1n) is 10.3. The lowest BCUT2D eigenvalue weighted by Crippen LogP contribution is -2.23. The number of halogens is 1. The molecule has 158 valence electrons. The van der Waals surface area contributed by atoms with Crippen LogP contribution in [0.3, 0.4) is 0 Å². The Balaban J connectivity index is 1.88. The molecule has 3 nitrogen and oxygen atoms in total. The fraction of sp³-hybridized carbons (Fsp3) is 0.308. The number of rotatable bonds is 8. The topological polar surface area (TPSA) is 38.5 Å². The summed E-state index contributed by atoms with van der Waals surface area (Å²) < 4.78 is 6.37. The maximum absolute atomic E-state index is 5.76. The largest absolute Gasteiger partial charge is 0.496 e. The third kappa shape index (κ3) is 5.72. The van der Waals surface area contributed by atoms with E-state index in [9.17, 15) is 0 Å². The van der Waals surface area contributed by atoms with Crippen LogP contribution in [-0.4, -0.2) is 12.0 Å². The molecule has 0 aliphatic rings. The van der Waals surface area contributed by atoms with Gasteiger partial charge in [0.25, 0.3) is 0 Å². The normalized spacial score (nSPS) is 11.2. The van der Waals surface area contributed by atoms with Crippen LogP contribution >= 0.6 is 15.9 Å². The minimum Gasteiger partial charge on any atom is -0.496 e. The second kappa shape index (κ2) is 10.3. The van der Waals surface area contributed by atoms with Crippen molar-refractivity contribution in [3.05, 3.63) is 98.0 Å². The van der Waals surface area contributed by atoms with Crippen LogP contribution in [0.1, 0.15) is 38.9 Å². The highest BCUT2D eigenvalue weighted by Crippen LogP contribution is 2.27. The molecule has 0 aromatic heterocycles. The van der Waals surface area contributed by atoms with Gasteiger partial charge in [-0.3, -0.25) is 4.90 Å². The molecule has 0 amide bonds. The SMILES string of the molecule is COc1ccc(CN(Cc2ccc(CN)cc2)Cc2c(C)cc(C)cc2C)cc1Br. The summed E-state index contributed by atoms with van der Waals surface area (Å²) in [5.74, 6) is 0.855. The number of hydrogen-bond acceptors (Lipinski definition) is 3. The maximum Gasteiger partial charge on any atom is 0.133 e. The molecular weight excluding hydrogens is 436 g/mol. The number of aryl methyl sites for hydroxylation is 3. The molecule has 0 radical (unpaired) electrons. The number of nitrogens with zero attached hydrogens (tertiary/aromatic N) is 1. The van der Waals surface area contributed by atoms with Gasteiger partial charge < -0.3 is 10.5 Å². The van der Waals surface area contributed by atoms with Crippen LogP contribution in [0.4, 0.5) is 0 Å². The molecule has 2 N–H and O–H groups in total. The van der Waals surface area contributed by atoms with Gasteiger partial charge in [-0.2, -0.15) is 0 Å². The highest BCUT2D eigenvalue weighted by Gasteiger charge is 2.13. The van der Waals surface area contributed by atoms with E-state index in [-0.39, 0.29) is 0 Å². The molecule has 3 rings (SSSR count). The zero-order valence-electron chi connectivity index (χ0n) is 18.3. The van der Waals surface area contributed by atoms with E-state index in [1.165, 1.54) is 33.4 Å². The third-order valence-electron chi connectivity index (χ3n) is 5.51. The molecule has 0 fully saturated rings. The summed E-state index contributed by atoms with van der Waals surface area (Å²) in [7, 11) is 1.69. The average molecular weight is 467 g/mol. The Kier molecular flexibility index (Phi) is 7.70. The van der Waals surface area contributed by atoms with Gasteiger partial charge >= 0.3 is 0 Å². The van der Waals surface area contributed by atoms with Crippen molar-refractivity contribution >= 4 is 15.9 Å². The summed E-state index contributed by atoms with van der Waals surface area (Å²) >= 11 is 3.62. The van der Waals surface area contributed by atoms with Crippen LogP contribution in [0.2, 0.25) is 0 Å². The van der Waals surface area contributed by atoms with E-state index in [0.717, 1.165) is 35.4 Å². The standard InChI is InChI=1S/C26H31BrN2O/c1-18-11-19(2)24(20(3)12-18)17-29(15-22-7-5-21(14-28)6-8-22)16-23-9-10-26(30-4)25(27)13-23/h5-13H,14-17,28H2,1-4H3. The van der Waals surface area contributed by atoms with E-state index in [4.69, 9.17) is 10.5 Å². The number of benzene rings is 3. The van der Waals surface area contributed by atoms with Crippen molar-refractivity contribution in [1.29, 1.82) is 0 Å². The van der Waals surface area contributed by atoms with Gasteiger partial charge in [-0.1, -0.05) is 48.0 Å².